The van der Waals surface area contributed by atoms with E-state index < -0.39 is 11.5 Å². The fourth-order valence-electron chi connectivity index (χ4n) is 0.764. The molecule has 1 aromatic rings. The largest absolute Gasteiger partial charge is 0.464 e. The van der Waals surface area contributed by atoms with E-state index in [2.05, 4.69) is 4.74 Å². The second-order valence-electron chi connectivity index (χ2n) is 2.18. The second kappa shape index (κ2) is 3.49. The van der Waals surface area contributed by atoms with Crippen LogP contribution in [0.5, 0.6) is 0 Å². The number of hydrogen-bond acceptors (Lipinski definition) is 4. The lowest BCUT2D eigenvalue weighted by Crippen LogP contribution is -2.24. The molecule has 70 valence electrons. The van der Waals surface area contributed by atoms with E-state index in [1.165, 1.54) is 12.1 Å². The van der Waals surface area contributed by atoms with Crippen molar-refractivity contribution in [3.8, 4) is 0 Å². The molecule has 0 aliphatic rings. The van der Waals surface area contributed by atoms with Crippen molar-refractivity contribution < 1.29 is 14.7 Å². The third kappa shape index (κ3) is 1.65. The average molecular weight is 204 g/mol. The van der Waals surface area contributed by atoms with E-state index in [9.17, 15) is 9.59 Å². The first kappa shape index (κ1) is 9.60. The lowest BCUT2D eigenvalue weighted by atomic mass is 10.3. The highest BCUT2D eigenvalue weighted by Crippen LogP contribution is 2.03. The van der Waals surface area contributed by atoms with Gasteiger partial charge in [0.1, 0.15) is 5.02 Å². The molecule has 1 aromatic heterocycles. The van der Waals surface area contributed by atoms with E-state index in [-0.39, 0.29) is 15.4 Å². The SMILES string of the molecule is COC(=O)c1ccc(Cl)c(=O)n1O. The number of pyridine rings is 1. The first-order valence-corrected chi connectivity index (χ1v) is 3.65. The zero-order chi connectivity index (χ0) is 10.0. The molecule has 0 saturated heterocycles. The summed E-state index contributed by atoms with van der Waals surface area (Å²) in [5.74, 6) is -0.809. The topological polar surface area (TPSA) is 68.5 Å². The summed E-state index contributed by atoms with van der Waals surface area (Å²) in [5, 5.41) is 8.93. The molecule has 6 heteroatoms. The van der Waals surface area contributed by atoms with E-state index in [1.807, 2.05) is 0 Å². The number of carbonyl (C=O) groups excluding carboxylic acids is 1. The van der Waals surface area contributed by atoms with Gasteiger partial charge >= 0.3 is 11.5 Å². The van der Waals surface area contributed by atoms with Crippen LogP contribution in [0.15, 0.2) is 16.9 Å². The number of esters is 1. The normalized spacial score (nSPS) is 9.69. The summed E-state index contributed by atoms with van der Waals surface area (Å²) in [6, 6.07) is 2.40. The molecule has 1 N–H and O–H groups in total. The lowest BCUT2D eigenvalue weighted by Gasteiger charge is -2.03. The minimum atomic E-state index is -0.857. The summed E-state index contributed by atoms with van der Waals surface area (Å²) in [7, 11) is 1.14. The molecule has 0 aliphatic carbocycles. The fraction of sp³-hybridized carbons (Fsp3) is 0.143. The van der Waals surface area contributed by atoms with Crippen LogP contribution < -0.4 is 5.56 Å². The fourth-order valence-corrected chi connectivity index (χ4v) is 0.907. The van der Waals surface area contributed by atoms with Crippen LogP contribution in [0.4, 0.5) is 0 Å². The Morgan fingerprint density at radius 1 is 1.62 bits per heavy atom. The molecule has 0 saturated carbocycles. The third-order valence-electron chi connectivity index (χ3n) is 1.41. The number of ether oxygens (including phenoxy) is 1. The predicted octanol–water partition coefficient (Wildman–Crippen LogP) is 0.526. The summed E-state index contributed by atoms with van der Waals surface area (Å²) in [6.07, 6.45) is 0. The maximum Gasteiger partial charge on any atom is 0.358 e. The number of rotatable bonds is 1. The van der Waals surface area contributed by atoms with Crippen LogP contribution in [0.1, 0.15) is 10.5 Å². The highest BCUT2D eigenvalue weighted by atomic mass is 35.5. The van der Waals surface area contributed by atoms with Crippen molar-refractivity contribution in [2.24, 2.45) is 0 Å². The summed E-state index contributed by atoms with van der Waals surface area (Å²) in [5.41, 5.74) is -1.12. The second-order valence-corrected chi connectivity index (χ2v) is 2.58. The van der Waals surface area contributed by atoms with Gasteiger partial charge in [-0.25, -0.2) is 4.79 Å². The predicted molar refractivity (Wildman–Crippen MR) is 44.2 cm³/mol. The van der Waals surface area contributed by atoms with Gasteiger partial charge in [-0.05, 0) is 12.1 Å². The highest BCUT2D eigenvalue weighted by molar-refractivity contribution is 6.30. The summed E-state index contributed by atoms with van der Waals surface area (Å²) in [6.45, 7) is 0. The maximum atomic E-state index is 11.0. The third-order valence-corrected chi connectivity index (χ3v) is 1.69. The van der Waals surface area contributed by atoms with Gasteiger partial charge < -0.3 is 9.94 Å². The smallest absolute Gasteiger partial charge is 0.358 e. The number of halogens is 1. The van der Waals surface area contributed by atoms with Crippen molar-refractivity contribution in [1.29, 1.82) is 0 Å². The first-order chi connectivity index (χ1) is 6.07. The molecule has 0 unspecified atom stereocenters. The molecule has 0 radical (unpaired) electrons. The van der Waals surface area contributed by atoms with Crippen LogP contribution in [-0.2, 0) is 4.74 Å². The molecule has 0 bridgehead atoms. The van der Waals surface area contributed by atoms with Gasteiger partial charge in [0.25, 0.3) is 0 Å². The van der Waals surface area contributed by atoms with Crippen LogP contribution in [0.25, 0.3) is 0 Å². The van der Waals surface area contributed by atoms with E-state index >= 15 is 0 Å². The maximum absolute atomic E-state index is 11.0. The molecule has 5 nitrogen and oxygen atoms in total. The molecule has 0 aliphatic heterocycles. The minimum absolute atomic E-state index is 0.147. The van der Waals surface area contributed by atoms with Crippen LogP contribution in [0.3, 0.4) is 0 Å². The van der Waals surface area contributed by atoms with Crippen molar-refractivity contribution in [1.82, 2.24) is 4.73 Å². The van der Waals surface area contributed by atoms with Crippen molar-refractivity contribution in [3.63, 3.8) is 0 Å². The van der Waals surface area contributed by atoms with Crippen LogP contribution in [0.2, 0.25) is 5.02 Å². The number of aromatic nitrogens is 1. The van der Waals surface area contributed by atoms with E-state index in [1.54, 1.807) is 0 Å². The van der Waals surface area contributed by atoms with Crippen molar-refractivity contribution >= 4 is 17.6 Å². The van der Waals surface area contributed by atoms with Gasteiger partial charge in [-0.15, -0.1) is 4.73 Å². The Kier molecular flexibility index (Phi) is 2.57. The highest BCUT2D eigenvalue weighted by Gasteiger charge is 2.13. The molecule has 13 heavy (non-hydrogen) atoms. The standard InChI is InChI=1S/C7H6ClNO4/c1-13-7(11)5-3-2-4(8)6(10)9(5)12/h2-3,12H,1H3. The van der Waals surface area contributed by atoms with E-state index in [0.29, 0.717) is 0 Å². The quantitative estimate of drug-likeness (QED) is 0.534. The molecule has 0 amide bonds. The summed E-state index contributed by atoms with van der Waals surface area (Å²) < 4.78 is 4.46. The average Bonchev–Trinajstić information content (AvgIpc) is 2.13. The van der Waals surface area contributed by atoms with Crippen molar-refractivity contribution in [3.05, 3.63) is 33.2 Å². The number of hydrogen-bond donors (Lipinski definition) is 1. The van der Waals surface area contributed by atoms with Gasteiger partial charge in [-0.1, -0.05) is 11.6 Å². The molecule has 0 spiro atoms. The molecule has 0 fully saturated rings. The molecule has 0 aromatic carbocycles. The Balaban J connectivity index is 3.35. The summed E-state index contributed by atoms with van der Waals surface area (Å²) >= 11 is 5.39. The molecular formula is C7H6ClNO4. The molecule has 1 rings (SSSR count). The monoisotopic (exact) mass is 203 g/mol. The first-order valence-electron chi connectivity index (χ1n) is 3.27. The van der Waals surface area contributed by atoms with Gasteiger partial charge in [-0.2, -0.15) is 0 Å². The van der Waals surface area contributed by atoms with Crippen molar-refractivity contribution in [2.45, 2.75) is 0 Å². The van der Waals surface area contributed by atoms with Gasteiger partial charge in [0.15, 0.2) is 5.69 Å². The lowest BCUT2D eigenvalue weighted by molar-refractivity contribution is 0.0540. The van der Waals surface area contributed by atoms with Gasteiger partial charge in [0.05, 0.1) is 7.11 Å². The Morgan fingerprint density at radius 2 is 2.23 bits per heavy atom. The zero-order valence-electron chi connectivity index (χ0n) is 6.65. The molecular weight excluding hydrogens is 198 g/mol. The Morgan fingerprint density at radius 3 is 2.77 bits per heavy atom. The number of nitrogens with zero attached hydrogens (tertiary/aromatic N) is 1. The Hall–Kier alpha value is -1.49. The Bertz CT molecular complexity index is 398. The Labute approximate surface area is 78.1 Å². The van der Waals surface area contributed by atoms with Gasteiger partial charge in [0.2, 0.25) is 0 Å². The van der Waals surface area contributed by atoms with E-state index in [0.717, 1.165) is 7.11 Å². The van der Waals surface area contributed by atoms with Crippen LogP contribution in [-0.4, -0.2) is 23.0 Å². The van der Waals surface area contributed by atoms with Crippen LogP contribution >= 0.6 is 11.6 Å². The number of carbonyl (C=O) groups is 1. The van der Waals surface area contributed by atoms with Crippen LogP contribution in [0, 0.1) is 0 Å². The van der Waals surface area contributed by atoms with Crippen molar-refractivity contribution in [2.75, 3.05) is 7.11 Å². The zero-order valence-corrected chi connectivity index (χ0v) is 7.41. The van der Waals surface area contributed by atoms with E-state index in [4.69, 9.17) is 16.8 Å². The summed E-state index contributed by atoms with van der Waals surface area (Å²) in [4.78, 5) is 21.9. The number of methoxy groups -OCH3 is 1. The molecule has 0 atom stereocenters. The minimum Gasteiger partial charge on any atom is -0.464 e. The van der Waals surface area contributed by atoms with Gasteiger partial charge in [0, 0.05) is 0 Å². The molecule has 1 heterocycles. The van der Waals surface area contributed by atoms with Gasteiger partial charge in [-0.3, -0.25) is 4.79 Å².